The lowest BCUT2D eigenvalue weighted by molar-refractivity contribution is -0.116. The molecule has 0 aliphatic rings. The summed E-state index contributed by atoms with van der Waals surface area (Å²) >= 11 is 0. The molecule has 94 valence electrons. The average molecular weight is 258 g/mol. The molecule has 0 saturated carbocycles. The highest BCUT2D eigenvalue weighted by molar-refractivity contribution is 7.57. The monoisotopic (exact) mass is 258 g/mol. The van der Waals surface area contributed by atoms with Crippen molar-refractivity contribution in [3.8, 4) is 5.75 Å². The number of hydrogen-bond acceptors (Lipinski definition) is 3. The number of aromatic hydroxyl groups is 1. The molecule has 0 radical (unpaired) electrons. The van der Waals surface area contributed by atoms with Gasteiger partial charge in [0.05, 0.1) is 0 Å². The predicted octanol–water partition coefficient (Wildman–Crippen LogP) is 1.38. The molecule has 0 saturated heterocycles. The van der Waals surface area contributed by atoms with Gasteiger partial charge in [0.25, 0.3) is 0 Å². The summed E-state index contributed by atoms with van der Waals surface area (Å²) in [6.07, 6.45) is 0.657. The molecular weight excluding hydrogens is 243 g/mol. The van der Waals surface area contributed by atoms with Crippen LogP contribution in [-0.2, 0) is 15.8 Å². The first kappa shape index (κ1) is 13.7. The molecular formula is C10H15N2O4P. The first-order valence-electron chi connectivity index (χ1n) is 4.99. The van der Waals surface area contributed by atoms with Gasteiger partial charge in [-0.2, -0.15) is 0 Å². The van der Waals surface area contributed by atoms with Crippen molar-refractivity contribution in [3.63, 3.8) is 0 Å². The Labute approximate surface area is 99.0 Å². The maximum atomic E-state index is 11.1. The van der Waals surface area contributed by atoms with Crippen LogP contribution in [0.1, 0.15) is 18.9 Å². The number of benzene rings is 1. The van der Waals surface area contributed by atoms with Crippen molar-refractivity contribution < 1.29 is 19.4 Å². The number of ketones is 1. The molecule has 0 heterocycles. The molecule has 0 aliphatic heterocycles. The molecule has 0 bridgehead atoms. The highest BCUT2D eigenvalue weighted by atomic mass is 31.2. The molecule has 0 amide bonds. The zero-order chi connectivity index (χ0) is 13.1. The second kappa shape index (κ2) is 5.31. The Bertz CT molecular complexity index is 469. The number of hydrogen-bond donors (Lipinski definition) is 4. The highest BCUT2D eigenvalue weighted by Gasteiger charge is 2.13. The van der Waals surface area contributed by atoms with Crippen LogP contribution in [0.25, 0.3) is 0 Å². The van der Waals surface area contributed by atoms with Gasteiger partial charge < -0.3 is 19.9 Å². The SMILES string of the molecule is CC(=O)CCc1cc(O)ccc1NP(N)(=O)O. The molecule has 17 heavy (non-hydrogen) atoms. The smallest absolute Gasteiger partial charge is 0.360 e. The fourth-order valence-corrected chi connectivity index (χ4v) is 1.94. The van der Waals surface area contributed by atoms with Crippen LogP contribution in [0.4, 0.5) is 5.69 Å². The number of nitrogens with two attached hydrogens (primary N) is 1. The van der Waals surface area contributed by atoms with Crippen LogP contribution in [0.2, 0.25) is 0 Å². The fraction of sp³-hybridized carbons (Fsp3) is 0.300. The van der Waals surface area contributed by atoms with E-state index in [-0.39, 0.29) is 11.5 Å². The van der Waals surface area contributed by atoms with Gasteiger partial charge in [-0.1, -0.05) is 0 Å². The molecule has 1 aromatic carbocycles. The number of anilines is 1. The first-order valence-corrected chi connectivity index (χ1v) is 6.72. The van der Waals surface area contributed by atoms with Gasteiger partial charge in [0.2, 0.25) is 0 Å². The van der Waals surface area contributed by atoms with Gasteiger partial charge in [-0.15, -0.1) is 0 Å². The topological polar surface area (TPSA) is 113 Å². The lowest BCUT2D eigenvalue weighted by Gasteiger charge is -2.13. The molecule has 7 heteroatoms. The summed E-state index contributed by atoms with van der Waals surface area (Å²) < 4.78 is 11.1. The molecule has 1 unspecified atom stereocenters. The third-order valence-corrected chi connectivity index (χ3v) is 2.68. The summed E-state index contributed by atoms with van der Waals surface area (Å²) in [4.78, 5) is 19.9. The Morgan fingerprint density at radius 2 is 2.18 bits per heavy atom. The maximum absolute atomic E-state index is 11.1. The minimum absolute atomic E-state index is 0.000720. The van der Waals surface area contributed by atoms with E-state index < -0.39 is 7.67 Å². The third-order valence-electron chi connectivity index (χ3n) is 2.12. The van der Waals surface area contributed by atoms with Gasteiger partial charge in [0, 0.05) is 12.1 Å². The quantitative estimate of drug-likeness (QED) is 0.469. The summed E-state index contributed by atoms with van der Waals surface area (Å²) in [6, 6.07) is 4.25. The number of phenolic OH excluding ortho intramolecular Hbond substituents is 1. The van der Waals surface area contributed by atoms with Crippen molar-refractivity contribution in [2.45, 2.75) is 19.8 Å². The number of Topliss-reactive ketones (excluding diaryl/α,β-unsaturated/α-hetero) is 1. The lowest BCUT2D eigenvalue weighted by Crippen LogP contribution is -2.06. The van der Waals surface area contributed by atoms with Gasteiger partial charge >= 0.3 is 7.67 Å². The number of rotatable bonds is 5. The molecule has 1 atom stereocenters. The zero-order valence-electron chi connectivity index (χ0n) is 9.38. The molecule has 1 rings (SSSR count). The van der Waals surface area contributed by atoms with Crippen molar-refractivity contribution in [1.29, 1.82) is 0 Å². The number of phenols is 1. The van der Waals surface area contributed by atoms with Crippen LogP contribution in [0, 0.1) is 0 Å². The molecule has 0 spiro atoms. The van der Waals surface area contributed by atoms with E-state index in [1.807, 2.05) is 0 Å². The third kappa shape index (κ3) is 4.99. The Morgan fingerprint density at radius 3 is 2.71 bits per heavy atom. The van der Waals surface area contributed by atoms with Crippen LogP contribution in [0.5, 0.6) is 5.75 Å². The van der Waals surface area contributed by atoms with Crippen molar-refractivity contribution in [2.24, 2.45) is 5.50 Å². The molecule has 0 fully saturated rings. The van der Waals surface area contributed by atoms with E-state index in [4.69, 9.17) is 10.4 Å². The average Bonchev–Trinajstić information content (AvgIpc) is 2.16. The second-order valence-electron chi connectivity index (χ2n) is 3.78. The van der Waals surface area contributed by atoms with Gasteiger partial charge in [0.1, 0.15) is 11.5 Å². The minimum Gasteiger partial charge on any atom is -0.508 e. The van der Waals surface area contributed by atoms with Crippen LogP contribution in [-0.4, -0.2) is 15.8 Å². The van der Waals surface area contributed by atoms with Crippen molar-refractivity contribution >= 4 is 19.1 Å². The maximum Gasteiger partial charge on any atom is 0.360 e. The number of carbonyl (C=O) groups excluding carboxylic acids is 1. The predicted molar refractivity (Wildman–Crippen MR) is 64.7 cm³/mol. The summed E-state index contributed by atoms with van der Waals surface area (Å²) in [7, 11) is -3.89. The van der Waals surface area contributed by atoms with Crippen LogP contribution in [0.3, 0.4) is 0 Å². The zero-order valence-corrected chi connectivity index (χ0v) is 10.3. The number of carbonyl (C=O) groups is 1. The minimum atomic E-state index is -3.89. The van der Waals surface area contributed by atoms with E-state index in [0.29, 0.717) is 24.1 Å². The van der Waals surface area contributed by atoms with E-state index >= 15 is 0 Å². The van der Waals surface area contributed by atoms with E-state index in [0.717, 1.165) is 0 Å². The summed E-state index contributed by atoms with van der Waals surface area (Å²) in [6.45, 7) is 1.45. The van der Waals surface area contributed by atoms with E-state index in [1.165, 1.54) is 25.1 Å². The summed E-state index contributed by atoms with van der Waals surface area (Å²) in [5, 5.41) is 11.6. The van der Waals surface area contributed by atoms with Crippen molar-refractivity contribution in [2.75, 3.05) is 5.09 Å². The molecule has 6 nitrogen and oxygen atoms in total. The van der Waals surface area contributed by atoms with Crippen LogP contribution >= 0.6 is 7.67 Å². The lowest BCUT2D eigenvalue weighted by atomic mass is 10.1. The van der Waals surface area contributed by atoms with Crippen molar-refractivity contribution in [3.05, 3.63) is 23.8 Å². The largest absolute Gasteiger partial charge is 0.508 e. The van der Waals surface area contributed by atoms with Gasteiger partial charge in [0.15, 0.2) is 0 Å². The van der Waals surface area contributed by atoms with E-state index in [9.17, 15) is 14.5 Å². The van der Waals surface area contributed by atoms with Crippen LogP contribution in [0.15, 0.2) is 18.2 Å². The van der Waals surface area contributed by atoms with Gasteiger partial charge in [-0.25, -0.2) is 10.1 Å². The summed E-state index contributed by atoms with van der Waals surface area (Å²) in [5.41, 5.74) is 5.92. The Kier molecular flexibility index (Phi) is 4.28. The Balaban J connectivity index is 2.95. The molecule has 0 aliphatic carbocycles. The van der Waals surface area contributed by atoms with Gasteiger partial charge in [-0.3, -0.25) is 0 Å². The number of nitrogens with one attached hydrogen (secondary N) is 1. The van der Waals surface area contributed by atoms with Gasteiger partial charge in [-0.05, 0) is 37.1 Å². The number of aryl methyl sites for hydroxylation is 1. The normalized spacial score (nSPS) is 14.1. The summed E-state index contributed by atoms with van der Waals surface area (Å²) in [5.74, 6) is 0.0260. The fourth-order valence-electron chi connectivity index (χ4n) is 1.38. The molecule has 1 aromatic rings. The molecule has 0 aromatic heterocycles. The molecule has 5 N–H and O–H groups in total. The standard InChI is InChI=1S/C10H15N2O4P/c1-7(13)2-3-8-6-9(14)4-5-10(8)12-17(11,15)16/h4-6,14H,2-3H2,1H3,(H4,11,12,15,16). The Morgan fingerprint density at radius 1 is 1.53 bits per heavy atom. The Hall–Kier alpha value is -1.36. The highest BCUT2D eigenvalue weighted by Crippen LogP contribution is 2.34. The van der Waals surface area contributed by atoms with Crippen LogP contribution < -0.4 is 10.6 Å². The van der Waals surface area contributed by atoms with Crippen molar-refractivity contribution in [1.82, 2.24) is 0 Å². The van der Waals surface area contributed by atoms with E-state index in [2.05, 4.69) is 5.09 Å². The second-order valence-corrected chi connectivity index (χ2v) is 5.25. The first-order chi connectivity index (χ1) is 7.78. The van der Waals surface area contributed by atoms with E-state index in [1.54, 1.807) is 0 Å².